The first kappa shape index (κ1) is 22.6. The number of nitrogens with zero attached hydrogens (tertiary/aromatic N) is 4. The van der Waals surface area contributed by atoms with Gasteiger partial charge in [0.15, 0.2) is 5.65 Å². The van der Waals surface area contributed by atoms with Crippen molar-refractivity contribution in [2.75, 3.05) is 26.7 Å². The Morgan fingerprint density at radius 3 is 2.68 bits per heavy atom. The standard InChI is InChI=1S/C27H34N6O/c1-16(2)25-22-13-20(19-8-10-32(11-9-19)24(34)14-28-5)6-7-23(22)30-26(25)21-12-17(3)27-29-18(4)31-33(27)15-21/h6-7,12-13,15-16,19,28,30H,8-11,14H2,1-5H3. The Bertz CT molecular complexity index is 1360. The molecule has 7 nitrogen and oxygen atoms in total. The molecule has 0 bridgehead atoms. The Balaban J connectivity index is 1.50. The molecule has 1 aliphatic heterocycles. The molecule has 0 unspecified atom stereocenters. The summed E-state index contributed by atoms with van der Waals surface area (Å²) < 4.78 is 1.89. The van der Waals surface area contributed by atoms with E-state index in [-0.39, 0.29) is 5.91 Å². The molecule has 34 heavy (non-hydrogen) atoms. The molecule has 1 aromatic carbocycles. The number of likely N-dealkylation sites (tertiary alicyclic amines) is 1. The number of likely N-dealkylation sites (N-methyl/N-ethyl adjacent to an activating group) is 1. The van der Waals surface area contributed by atoms with E-state index >= 15 is 0 Å². The van der Waals surface area contributed by atoms with Gasteiger partial charge in [-0.3, -0.25) is 4.79 Å². The average Bonchev–Trinajstić information content (AvgIpc) is 3.39. The van der Waals surface area contributed by atoms with Crippen molar-refractivity contribution < 1.29 is 4.79 Å². The Hall–Kier alpha value is -3.19. The van der Waals surface area contributed by atoms with Crippen LogP contribution in [0, 0.1) is 13.8 Å². The molecule has 0 saturated carbocycles. The molecule has 1 fully saturated rings. The first-order valence-corrected chi connectivity index (χ1v) is 12.3. The zero-order chi connectivity index (χ0) is 24.0. The zero-order valence-corrected chi connectivity index (χ0v) is 20.8. The van der Waals surface area contributed by atoms with Gasteiger partial charge in [0.2, 0.25) is 5.91 Å². The molecule has 4 aromatic rings. The van der Waals surface area contributed by atoms with Crippen LogP contribution >= 0.6 is 0 Å². The summed E-state index contributed by atoms with van der Waals surface area (Å²) in [6.07, 6.45) is 4.10. The molecule has 0 spiro atoms. The van der Waals surface area contributed by atoms with Crippen molar-refractivity contribution in [2.24, 2.45) is 0 Å². The van der Waals surface area contributed by atoms with Crippen LogP contribution in [-0.2, 0) is 4.79 Å². The van der Waals surface area contributed by atoms with Gasteiger partial charge in [0.25, 0.3) is 0 Å². The molecule has 7 heteroatoms. The molecule has 2 N–H and O–H groups in total. The smallest absolute Gasteiger partial charge is 0.236 e. The molecule has 5 rings (SSSR count). The highest BCUT2D eigenvalue weighted by atomic mass is 16.2. The maximum atomic E-state index is 12.2. The number of carbonyl (C=O) groups is 1. The van der Waals surface area contributed by atoms with Gasteiger partial charge in [0.1, 0.15) is 5.82 Å². The number of piperidine rings is 1. The third kappa shape index (κ3) is 3.98. The summed E-state index contributed by atoms with van der Waals surface area (Å²) in [6.45, 7) is 10.6. The number of H-pyrrole nitrogens is 1. The topological polar surface area (TPSA) is 78.3 Å². The van der Waals surface area contributed by atoms with Crippen LogP contribution in [0.15, 0.2) is 30.5 Å². The van der Waals surface area contributed by atoms with E-state index in [9.17, 15) is 4.79 Å². The SMILES string of the molecule is CNCC(=O)N1CCC(c2ccc3[nH]c(-c4cc(C)c5nc(C)nn5c4)c(C(C)C)c3c2)CC1. The lowest BCUT2D eigenvalue weighted by atomic mass is 9.87. The molecule has 4 heterocycles. The second-order valence-electron chi connectivity index (χ2n) is 9.90. The summed E-state index contributed by atoms with van der Waals surface area (Å²) in [5.41, 5.74) is 8.20. The van der Waals surface area contributed by atoms with Gasteiger partial charge in [-0.2, -0.15) is 5.10 Å². The number of benzene rings is 1. The number of aromatic amines is 1. The summed E-state index contributed by atoms with van der Waals surface area (Å²) in [5.74, 6) is 1.83. The summed E-state index contributed by atoms with van der Waals surface area (Å²) in [7, 11) is 1.82. The van der Waals surface area contributed by atoms with Gasteiger partial charge in [-0.15, -0.1) is 0 Å². The number of aromatic nitrogens is 4. The van der Waals surface area contributed by atoms with Gasteiger partial charge in [0.05, 0.1) is 12.2 Å². The van der Waals surface area contributed by atoms with Crippen molar-refractivity contribution in [2.45, 2.75) is 52.4 Å². The number of nitrogens with one attached hydrogen (secondary N) is 2. The molecule has 0 aliphatic carbocycles. The van der Waals surface area contributed by atoms with Gasteiger partial charge in [-0.25, -0.2) is 9.50 Å². The number of rotatable bonds is 5. The number of amides is 1. The predicted octanol–water partition coefficient (Wildman–Crippen LogP) is 4.54. The van der Waals surface area contributed by atoms with Gasteiger partial charge < -0.3 is 15.2 Å². The van der Waals surface area contributed by atoms with Crippen molar-refractivity contribution in [3.8, 4) is 11.3 Å². The highest BCUT2D eigenvalue weighted by molar-refractivity contribution is 5.92. The number of fused-ring (bicyclic) bond motifs is 2. The van der Waals surface area contributed by atoms with Crippen molar-refractivity contribution in [3.63, 3.8) is 0 Å². The van der Waals surface area contributed by atoms with Crippen LogP contribution in [0.1, 0.15) is 61.0 Å². The van der Waals surface area contributed by atoms with Crippen LogP contribution in [0.4, 0.5) is 0 Å². The van der Waals surface area contributed by atoms with E-state index in [0.29, 0.717) is 18.4 Å². The lowest BCUT2D eigenvalue weighted by Crippen LogP contribution is -2.41. The monoisotopic (exact) mass is 458 g/mol. The highest BCUT2D eigenvalue weighted by Gasteiger charge is 2.25. The molecule has 0 radical (unpaired) electrons. The third-order valence-corrected chi connectivity index (χ3v) is 7.10. The second kappa shape index (κ2) is 8.87. The first-order chi connectivity index (χ1) is 16.4. The van der Waals surface area contributed by atoms with E-state index in [1.54, 1.807) is 0 Å². The molecule has 3 aromatic heterocycles. The number of pyridine rings is 1. The highest BCUT2D eigenvalue weighted by Crippen LogP contribution is 2.38. The largest absolute Gasteiger partial charge is 0.354 e. The molecule has 0 atom stereocenters. The normalized spacial score (nSPS) is 15.2. The molecular formula is C27H34N6O. The summed E-state index contributed by atoms with van der Waals surface area (Å²) in [5, 5.41) is 8.82. The minimum Gasteiger partial charge on any atom is -0.354 e. The average molecular weight is 459 g/mol. The lowest BCUT2D eigenvalue weighted by molar-refractivity contribution is -0.131. The van der Waals surface area contributed by atoms with Crippen LogP contribution in [-0.4, -0.2) is 57.1 Å². The molecule has 1 amide bonds. The fourth-order valence-corrected chi connectivity index (χ4v) is 5.43. The molecule has 178 valence electrons. The molecule has 1 saturated heterocycles. The summed E-state index contributed by atoms with van der Waals surface area (Å²) in [6, 6.07) is 9.07. The zero-order valence-electron chi connectivity index (χ0n) is 20.8. The van der Waals surface area contributed by atoms with Crippen molar-refractivity contribution >= 4 is 22.5 Å². The Labute approximate surface area is 200 Å². The fourth-order valence-electron chi connectivity index (χ4n) is 5.43. The van der Waals surface area contributed by atoms with Crippen molar-refractivity contribution in [1.29, 1.82) is 0 Å². The van der Waals surface area contributed by atoms with Crippen molar-refractivity contribution in [1.82, 2.24) is 29.8 Å². The quantitative estimate of drug-likeness (QED) is 0.460. The van der Waals surface area contributed by atoms with E-state index in [4.69, 9.17) is 0 Å². The fraction of sp³-hybridized carbons (Fsp3) is 0.444. The summed E-state index contributed by atoms with van der Waals surface area (Å²) in [4.78, 5) is 22.5. The number of hydrogen-bond donors (Lipinski definition) is 2. The minimum absolute atomic E-state index is 0.198. The molecule has 1 aliphatic rings. The minimum atomic E-state index is 0.198. The van der Waals surface area contributed by atoms with Crippen molar-refractivity contribution in [3.05, 3.63) is 53.0 Å². The van der Waals surface area contributed by atoms with Crippen LogP contribution in [0.2, 0.25) is 0 Å². The van der Waals surface area contributed by atoms with Crippen LogP contribution in [0.5, 0.6) is 0 Å². The Morgan fingerprint density at radius 2 is 1.97 bits per heavy atom. The van der Waals surface area contributed by atoms with Gasteiger partial charge in [0, 0.05) is 35.8 Å². The van der Waals surface area contributed by atoms with E-state index < -0.39 is 0 Å². The van der Waals surface area contributed by atoms with Gasteiger partial charge in [-0.05, 0) is 80.5 Å². The lowest BCUT2D eigenvalue weighted by Gasteiger charge is -2.32. The van der Waals surface area contributed by atoms with Crippen LogP contribution < -0.4 is 5.32 Å². The summed E-state index contributed by atoms with van der Waals surface area (Å²) >= 11 is 0. The number of carbonyl (C=O) groups excluding carboxylic acids is 1. The Morgan fingerprint density at radius 1 is 1.21 bits per heavy atom. The first-order valence-electron chi connectivity index (χ1n) is 12.3. The Kier molecular flexibility index (Phi) is 5.90. The van der Waals surface area contributed by atoms with Gasteiger partial charge in [-0.1, -0.05) is 19.9 Å². The number of hydrogen-bond acceptors (Lipinski definition) is 4. The maximum absolute atomic E-state index is 12.2. The van der Waals surface area contributed by atoms with E-state index in [1.165, 1.54) is 16.5 Å². The van der Waals surface area contributed by atoms with Crippen LogP contribution in [0.3, 0.4) is 0 Å². The second-order valence-corrected chi connectivity index (χ2v) is 9.90. The molecular weight excluding hydrogens is 424 g/mol. The number of aryl methyl sites for hydroxylation is 2. The van der Waals surface area contributed by atoms with E-state index in [0.717, 1.165) is 59.7 Å². The van der Waals surface area contributed by atoms with Gasteiger partial charge >= 0.3 is 0 Å². The van der Waals surface area contributed by atoms with E-state index in [2.05, 4.69) is 71.6 Å². The van der Waals surface area contributed by atoms with E-state index in [1.807, 2.05) is 23.4 Å². The maximum Gasteiger partial charge on any atom is 0.236 e. The third-order valence-electron chi connectivity index (χ3n) is 7.10. The van der Waals surface area contributed by atoms with Crippen LogP contribution in [0.25, 0.3) is 27.8 Å². The predicted molar refractivity (Wildman–Crippen MR) is 136 cm³/mol.